The fourth-order valence-corrected chi connectivity index (χ4v) is 3.40. The molecular formula is C21H14Cl2N6O3. The van der Waals surface area contributed by atoms with Gasteiger partial charge in [-0.2, -0.15) is 0 Å². The summed E-state index contributed by atoms with van der Waals surface area (Å²) in [6.45, 7) is 0. The largest absolute Gasteiger partial charge is 0.355 e. The number of nitrogens with one attached hydrogen (secondary N) is 3. The monoisotopic (exact) mass is 468 g/mol. The average Bonchev–Trinajstić information content (AvgIpc) is 2.79. The number of carbonyl (C=O) groups is 1. The highest BCUT2D eigenvalue weighted by Gasteiger charge is 2.24. The number of rotatable bonds is 6. The van der Waals surface area contributed by atoms with E-state index < -0.39 is 16.5 Å². The molecule has 0 saturated heterocycles. The zero-order valence-corrected chi connectivity index (χ0v) is 17.7. The van der Waals surface area contributed by atoms with Crippen molar-refractivity contribution < 1.29 is 9.72 Å². The Hall–Kier alpha value is -3.95. The number of hydrazine groups is 1. The molecule has 3 N–H and O–H groups in total. The van der Waals surface area contributed by atoms with Gasteiger partial charge < -0.3 is 5.32 Å². The van der Waals surface area contributed by atoms with Gasteiger partial charge in [-0.1, -0.05) is 59.6 Å². The number of fused-ring (bicyclic) bond motifs is 1. The van der Waals surface area contributed by atoms with E-state index in [0.29, 0.717) is 21.3 Å². The molecule has 0 aliphatic rings. The topological polar surface area (TPSA) is 122 Å². The Morgan fingerprint density at radius 1 is 0.969 bits per heavy atom. The van der Waals surface area contributed by atoms with Gasteiger partial charge in [-0.05, 0) is 35.0 Å². The molecule has 0 unspecified atom stereocenters. The Morgan fingerprint density at radius 2 is 1.72 bits per heavy atom. The molecule has 1 aromatic heterocycles. The number of anilines is 3. The van der Waals surface area contributed by atoms with Gasteiger partial charge in [-0.3, -0.25) is 25.8 Å². The van der Waals surface area contributed by atoms with E-state index in [0.717, 1.165) is 17.1 Å². The molecule has 0 saturated carbocycles. The summed E-state index contributed by atoms with van der Waals surface area (Å²) < 4.78 is 0. The SMILES string of the molecule is O=C(NNc1ncnc(Nc2cc(Cl)ccc2Cl)c1[N+](=O)[O-])c1cccc2ccccc12. The number of hydrogen-bond donors (Lipinski definition) is 3. The van der Waals surface area contributed by atoms with Gasteiger partial charge in [0.15, 0.2) is 0 Å². The molecule has 0 atom stereocenters. The van der Waals surface area contributed by atoms with Crippen LogP contribution in [0.1, 0.15) is 10.4 Å². The highest BCUT2D eigenvalue weighted by Crippen LogP contribution is 2.34. The predicted molar refractivity (Wildman–Crippen MR) is 123 cm³/mol. The lowest BCUT2D eigenvalue weighted by molar-refractivity contribution is -0.383. The van der Waals surface area contributed by atoms with Gasteiger partial charge >= 0.3 is 5.69 Å². The number of carbonyl (C=O) groups excluding carboxylic acids is 1. The lowest BCUT2D eigenvalue weighted by Gasteiger charge is -2.12. The first kappa shape index (κ1) is 21.3. The predicted octanol–water partition coefficient (Wildman–Crippen LogP) is 5.35. The Bertz CT molecular complexity index is 1340. The molecule has 32 heavy (non-hydrogen) atoms. The Labute approximate surface area is 191 Å². The summed E-state index contributed by atoms with van der Waals surface area (Å²) in [4.78, 5) is 31.6. The summed E-state index contributed by atoms with van der Waals surface area (Å²) in [7, 11) is 0. The molecule has 3 aromatic carbocycles. The molecule has 1 heterocycles. The maximum Gasteiger partial charge on any atom is 0.355 e. The van der Waals surface area contributed by atoms with Crippen LogP contribution in [0.4, 0.5) is 23.0 Å². The van der Waals surface area contributed by atoms with Crippen molar-refractivity contribution in [2.45, 2.75) is 0 Å². The van der Waals surface area contributed by atoms with Crippen molar-refractivity contribution in [3.8, 4) is 0 Å². The second-order valence-electron chi connectivity index (χ2n) is 6.53. The van der Waals surface area contributed by atoms with E-state index in [1.54, 1.807) is 24.3 Å². The minimum absolute atomic E-state index is 0.129. The molecule has 0 radical (unpaired) electrons. The number of aromatic nitrogens is 2. The van der Waals surface area contributed by atoms with Crippen LogP contribution in [0, 0.1) is 10.1 Å². The number of nitro groups is 1. The van der Waals surface area contributed by atoms with Crippen LogP contribution in [0.5, 0.6) is 0 Å². The number of hydrogen-bond acceptors (Lipinski definition) is 7. The minimum atomic E-state index is -0.673. The molecule has 160 valence electrons. The third kappa shape index (κ3) is 4.39. The van der Waals surface area contributed by atoms with Gasteiger partial charge in [0, 0.05) is 10.6 Å². The van der Waals surface area contributed by atoms with Crippen molar-refractivity contribution in [1.82, 2.24) is 15.4 Å². The van der Waals surface area contributed by atoms with Crippen LogP contribution in [0.25, 0.3) is 10.8 Å². The molecule has 0 bridgehead atoms. The Balaban J connectivity index is 1.61. The van der Waals surface area contributed by atoms with Crippen LogP contribution < -0.4 is 16.2 Å². The molecule has 4 rings (SSSR count). The van der Waals surface area contributed by atoms with Crippen LogP contribution in [0.3, 0.4) is 0 Å². The summed E-state index contributed by atoms with van der Waals surface area (Å²) in [6.07, 6.45) is 1.11. The molecular weight excluding hydrogens is 455 g/mol. The van der Waals surface area contributed by atoms with E-state index in [1.165, 1.54) is 6.07 Å². The van der Waals surface area contributed by atoms with Crippen molar-refractivity contribution in [3.63, 3.8) is 0 Å². The number of halogens is 2. The Morgan fingerprint density at radius 3 is 2.53 bits per heavy atom. The van der Waals surface area contributed by atoms with E-state index in [-0.39, 0.29) is 11.6 Å². The third-order valence-electron chi connectivity index (χ3n) is 4.52. The third-order valence-corrected chi connectivity index (χ3v) is 5.08. The van der Waals surface area contributed by atoms with E-state index >= 15 is 0 Å². The van der Waals surface area contributed by atoms with Crippen LogP contribution >= 0.6 is 23.2 Å². The van der Waals surface area contributed by atoms with E-state index in [9.17, 15) is 14.9 Å². The molecule has 4 aromatic rings. The fraction of sp³-hybridized carbons (Fsp3) is 0. The van der Waals surface area contributed by atoms with Gasteiger partial charge in [0.2, 0.25) is 11.6 Å². The summed E-state index contributed by atoms with van der Waals surface area (Å²) >= 11 is 12.1. The second-order valence-corrected chi connectivity index (χ2v) is 7.38. The van der Waals surface area contributed by atoms with E-state index in [1.807, 2.05) is 30.3 Å². The number of amides is 1. The van der Waals surface area contributed by atoms with Crippen LogP contribution in [-0.4, -0.2) is 20.8 Å². The quantitative estimate of drug-likeness (QED) is 0.257. The van der Waals surface area contributed by atoms with Crippen molar-refractivity contribution >= 4 is 62.9 Å². The van der Waals surface area contributed by atoms with Gasteiger partial charge in [-0.25, -0.2) is 9.97 Å². The molecule has 0 fully saturated rings. The number of benzene rings is 3. The zero-order chi connectivity index (χ0) is 22.7. The smallest absolute Gasteiger partial charge is 0.333 e. The summed E-state index contributed by atoms with van der Waals surface area (Å²) in [5.74, 6) is -0.822. The molecule has 0 aliphatic heterocycles. The van der Waals surface area contributed by atoms with Gasteiger partial charge in [0.1, 0.15) is 6.33 Å². The fourth-order valence-electron chi connectivity index (χ4n) is 3.06. The standard InChI is InChI=1S/C21H14Cl2N6O3/c22-13-8-9-16(23)17(10-13)26-19-18(29(31)32)20(25-11-24-19)27-28-21(30)15-7-3-5-12-4-1-2-6-14(12)15/h1-11H,(H,28,30)(H2,24,25,26,27). The minimum Gasteiger partial charge on any atom is -0.333 e. The van der Waals surface area contributed by atoms with Crippen molar-refractivity contribution in [2.75, 3.05) is 10.7 Å². The van der Waals surface area contributed by atoms with E-state index in [2.05, 4.69) is 26.1 Å². The lowest BCUT2D eigenvalue weighted by Crippen LogP contribution is -2.30. The number of nitrogens with zero attached hydrogens (tertiary/aromatic N) is 3. The van der Waals surface area contributed by atoms with Crippen molar-refractivity contribution in [3.05, 3.63) is 92.7 Å². The maximum absolute atomic E-state index is 12.7. The summed E-state index contributed by atoms with van der Waals surface area (Å²) in [5, 5.41) is 16.8. The van der Waals surface area contributed by atoms with Crippen LogP contribution in [0.15, 0.2) is 67.0 Å². The van der Waals surface area contributed by atoms with Crippen molar-refractivity contribution in [2.24, 2.45) is 0 Å². The normalized spacial score (nSPS) is 10.6. The first-order valence-electron chi connectivity index (χ1n) is 9.19. The van der Waals surface area contributed by atoms with Gasteiger partial charge in [0.25, 0.3) is 5.91 Å². The molecule has 0 aliphatic carbocycles. The Kier molecular flexibility index (Phi) is 6.02. The molecule has 11 heteroatoms. The molecule has 9 nitrogen and oxygen atoms in total. The molecule has 0 spiro atoms. The van der Waals surface area contributed by atoms with E-state index in [4.69, 9.17) is 23.2 Å². The van der Waals surface area contributed by atoms with Crippen LogP contribution in [0.2, 0.25) is 10.0 Å². The first-order valence-corrected chi connectivity index (χ1v) is 9.95. The van der Waals surface area contributed by atoms with Crippen molar-refractivity contribution in [1.29, 1.82) is 0 Å². The molecule has 1 amide bonds. The lowest BCUT2D eigenvalue weighted by atomic mass is 10.0. The summed E-state index contributed by atoms with van der Waals surface area (Å²) in [6, 6.07) is 17.3. The van der Waals surface area contributed by atoms with Gasteiger partial charge in [-0.15, -0.1) is 0 Å². The summed E-state index contributed by atoms with van der Waals surface area (Å²) in [5.41, 5.74) is 5.21. The first-order chi connectivity index (χ1) is 15.4. The highest BCUT2D eigenvalue weighted by molar-refractivity contribution is 6.35. The highest BCUT2D eigenvalue weighted by atomic mass is 35.5. The van der Waals surface area contributed by atoms with Gasteiger partial charge in [0.05, 0.1) is 15.6 Å². The zero-order valence-electron chi connectivity index (χ0n) is 16.2. The second kappa shape index (κ2) is 9.04. The maximum atomic E-state index is 12.7. The average molecular weight is 469 g/mol. The van der Waals surface area contributed by atoms with Crippen LogP contribution in [-0.2, 0) is 0 Å².